The average molecular weight is 329 g/mol. The van der Waals surface area contributed by atoms with Gasteiger partial charge >= 0.3 is 0 Å². The number of hydrogen-bond acceptors (Lipinski definition) is 5. The quantitative estimate of drug-likeness (QED) is 0.492. The first kappa shape index (κ1) is 15.6. The SMILES string of the molecule is CC1(NC(=S)Nc2cccc([N+](=O)[O-])c2)CCS(=O)(=O)C1. The third-order valence-electron chi connectivity index (χ3n) is 3.23. The molecule has 0 saturated carbocycles. The first-order chi connectivity index (χ1) is 9.69. The second kappa shape index (κ2) is 5.57. The van der Waals surface area contributed by atoms with Gasteiger partial charge in [0.05, 0.1) is 22.0 Å². The maximum Gasteiger partial charge on any atom is 0.271 e. The number of nitrogens with one attached hydrogen (secondary N) is 2. The van der Waals surface area contributed by atoms with Crippen LogP contribution >= 0.6 is 12.2 Å². The molecule has 0 aromatic heterocycles. The van der Waals surface area contributed by atoms with E-state index in [4.69, 9.17) is 12.2 Å². The average Bonchev–Trinajstić information content (AvgIpc) is 2.63. The van der Waals surface area contributed by atoms with Crippen LogP contribution in [0, 0.1) is 10.1 Å². The fourth-order valence-corrected chi connectivity index (χ4v) is 4.70. The maximum absolute atomic E-state index is 11.5. The van der Waals surface area contributed by atoms with Crippen molar-refractivity contribution in [2.24, 2.45) is 0 Å². The van der Waals surface area contributed by atoms with Crippen molar-refractivity contribution in [1.82, 2.24) is 5.32 Å². The summed E-state index contributed by atoms with van der Waals surface area (Å²) in [5, 5.41) is 16.8. The van der Waals surface area contributed by atoms with E-state index in [0.717, 1.165) is 0 Å². The molecule has 1 unspecified atom stereocenters. The van der Waals surface area contributed by atoms with E-state index < -0.39 is 20.3 Å². The van der Waals surface area contributed by atoms with Crippen molar-refractivity contribution in [2.45, 2.75) is 18.9 Å². The second-order valence-electron chi connectivity index (χ2n) is 5.29. The normalized spacial score (nSPS) is 23.5. The Bertz CT molecular complexity index is 689. The highest BCUT2D eigenvalue weighted by Crippen LogP contribution is 2.23. The Balaban J connectivity index is 2.02. The van der Waals surface area contributed by atoms with Gasteiger partial charge in [-0.2, -0.15) is 0 Å². The lowest BCUT2D eigenvalue weighted by Gasteiger charge is -2.25. The molecule has 9 heteroatoms. The zero-order chi connectivity index (χ0) is 15.7. The lowest BCUT2D eigenvalue weighted by Crippen LogP contribution is -2.48. The van der Waals surface area contributed by atoms with Gasteiger partial charge in [0.15, 0.2) is 14.9 Å². The van der Waals surface area contributed by atoms with Crippen LogP contribution in [-0.4, -0.2) is 35.5 Å². The lowest BCUT2D eigenvalue weighted by molar-refractivity contribution is -0.384. The third-order valence-corrected chi connectivity index (χ3v) is 5.34. The van der Waals surface area contributed by atoms with Gasteiger partial charge in [-0.3, -0.25) is 10.1 Å². The topological polar surface area (TPSA) is 101 Å². The van der Waals surface area contributed by atoms with E-state index in [2.05, 4.69) is 10.6 Å². The Morgan fingerprint density at radius 2 is 2.19 bits per heavy atom. The van der Waals surface area contributed by atoms with Gasteiger partial charge in [-0.15, -0.1) is 0 Å². The number of nitro groups is 1. The van der Waals surface area contributed by atoms with Crippen LogP contribution in [0.1, 0.15) is 13.3 Å². The summed E-state index contributed by atoms with van der Waals surface area (Å²) in [6.07, 6.45) is 0.478. The van der Waals surface area contributed by atoms with Crippen molar-refractivity contribution in [3.05, 3.63) is 34.4 Å². The molecule has 1 aromatic rings. The van der Waals surface area contributed by atoms with Crippen LogP contribution in [0.5, 0.6) is 0 Å². The summed E-state index contributed by atoms with van der Waals surface area (Å²) in [6, 6.07) is 5.94. The van der Waals surface area contributed by atoms with E-state index in [1.807, 2.05) is 0 Å². The predicted molar refractivity (Wildman–Crippen MR) is 84.1 cm³/mol. The monoisotopic (exact) mass is 329 g/mol. The Labute approximate surface area is 127 Å². The van der Waals surface area contributed by atoms with Gasteiger partial charge in [-0.05, 0) is 31.6 Å². The number of nitrogens with zero attached hydrogens (tertiary/aromatic N) is 1. The highest BCUT2D eigenvalue weighted by molar-refractivity contribution is 7.91. The number of sulfone groups is 1. The highest BCUT2D eigenvalue weighted by atomic mass is 32.2. The summed E-state index contributed by atoms with van der Waals surface area (Å²) < 4.78 is 23.1. The van der Waals surface area contributed by atoms with Crippen molar-refractivity contribution in [3.63, 3.8) is 0 Å². The van der Waals surface area contributed by atoms with Gasteiger partial charge in [0.25, 0.3) is 5.69 Å². The van der Waals surface area contributed by atoms with Crippen molar-refractivity contribution in [1.29, 1.82) is 0 Å². The van der Waals surface area contributed by atoms with E-state index in [-0.39, 0.29) is 22.3 Å². The van der Waals surface area contributed by atoms with Crippen LogP contribution in [-0.2, 0) is 9.84 Å². The van der Waals surface area contributed by atoms with Gasteiger partial charge in [-0.25, -0.2) is 8.42 Å². The lowest BCUT2D eigenvalue weighted by atomic mass is 10.0. The minimum atomic E-state index is -3.03. The molecule has 2 rings (SSSR count). The van der Waals surface area contributed by atoms with E-state index in [1.54, 1.807) is 19.1 Å². The molecule has 21 heavy (non-hydrogen) atoms. The molecule has 1 aromatic carbocycles. The standard InChI is InChI=1S/C12H15N3O4S2/c1-12(5-6-21(18,19)8-12)14-11(20)13-9-3-2-4-10(7-9)15(16)17/h2-4,7H,5-6,8H2,1H3,(H2,13,14,20). The fourth-order valence-electron chi connectivity index (χ4n) is 2.24. The largest absolute Gasteiger partial charge is 0.356 e. The molecule has 0 spiro atoms. The van der Waals surface area contributed by atoms with Crippen LogP contribution in [0.2, 0.25) is 0 Å². The van der Waals surface area contributed by atoms with E-state index in [1.165, 1.54) is 12.1 Å². The minimum Gasteiger partial charge on any atom is -0.356 e. The number of thiocarbonyl (C=S) groups is 1. The molecule has 1 fully saturated rings. The van der Waals surface area contributed by atoms with E-state index in [9.17, 15) is 18.5 Å². The second-order valence-corrected chi connectivity index (χ2v) is 7.88. The first-order valence-electron chi connectivity index (χ1n) is 6.23. The Morgan fingerprint density at radius 1 is 1.48 bits per heavy atom. The van der Waals surface area contributed by atoms with Crippen molar-refractivity contribution < 1.29 is 13.3 Å². The summed E-state index contributed by atoms with van der Waals surface area (Å²) >= 11 is 5.14. The summed E-state index contributed by atoms with van der Waals surface area (Å²) in [5.41, 5.74) is -0.174. The van der Waals surface area contributed by atoms with Crippen LogP contribution in [0.15, 0.2) is 24.3 Å². The number of nitro benzene ring substituents is 1. The number of benzene rings is 1. The molecule has 1 aliphatic heterocycles. The van der Waals surface area contributed by atoms with Crippen molar-refractivity contribution >= 4 is 38.5 Å². The van der Waals surface area contributed by atoms with E-state index >= 15 is 0 Å². The zero-order valence-corrected chi connectivity index (χ0v) is 13.0. The molecule has 0 bridgehead atoms. The van der Waals surface area contributed by atoms with Gasteiger partial charge in [0.1, 0.15) is 0 Å². The first-order valence-corrected chi connectivity index (χ1v) is 8.46. The van der Waals surface area contributed by atoms with Gasteiger partial charge in [-0.1, -0.05) is 6.07 Å². The minimum absolute atomic E-state index is 0.0246. The van der Waals surface area contributed by atoms with Crippen LogP contribution < -0.4 is 10.6 Å². The molecule has 0 amide bonds. The molecule has 7 nitrogen and oxygen atoms in total. The van der Waals surface area contributed by atoms with Crippen molar-refractivity contribution in [3.8, 4) is 0 Å². The van der Waals surface area contributed by atoms with Gasteiger partial charge in [0.2, 0.25) is 0 Å². The van der Waals surface area contributed by atoms with Crippen LogP contribution in [0.3, 0.4) is 0 Å². The fraction of sp³-hybridized carbons (Fsp3) is 0.417. The van der Waals surface area contributed by atoms with Gasteiger partial charge in [0, 0.05) is 17.8 Å². The number of non-ortho nitro benzene ring substituents is 1. The summed E-state index contributed by atoms with van der Waals surface area (Å²) in [6.45, 7) is 1.79. The summed E-state index contributed by atoms with van der Waals surface area (Å²) in [4.78, 5) is 10.2. The zero-order valence-electron chi connectivity index (χ0n) is 11.3. The third kappa shape index (κ3) is 4.11. The summed E-state index contributed by atoms with van der Waals surface area (Å²) in [5.74, 6) is 0.159. The molecular weight excluding hydrogens is 314 g/mol. The Morgan fingerprint density at radius 3 is 2.76 bits per heavy atom. The molecule has 1 atom stereocenters. The number of rotatable bonds is 3. The smallest absolute Gasteiger partial charge is 0.271 e. The Kier molecular flexibility index (Phi) is 4.15. The summed E-state index contributed by atoms with van der Waals surface area (Å²) in [7, 11) is -3.03. The Hall–Kier alpha value is -1.74. The van der Waals surface area contributed by atoms with E-state index in [0.29, 0.717) is 12.1 Å². The number of anilines is 1. The predicted octanol–water partition coefficient (Wildman–Crippen LogP) is 1.46. The van der Waals surface area contributed by atoms with Gasteiger partial charge < -0.3 is 10.6 Å². The molecule has 114 valence electrons. The number of hydrogen-bond donors (Lipinski definition) is 2. The highest BCUT2D eigenvalue weighted by Gasteiger charge is 2.38. The van der Waals surface area contributed by atoms with Crippen molar-refractivity contribution in [2.75, 3.05) is 16.8 Å². The maximum atomic E-state index is 11.5. The molecular formula is C12H15N3O4S2. The van der Waals surface area contributed by atoms with Crippen LogP contribution in [0.25, 0.3) is 0 Å². The molecule has 1 aliphatic rings. The molecule has 0 aliphatic carbocycles. The molecule has 1 heterocycles. The molecule has 1 saturated heterocycles. The molecule has 2 N–H and O–H groups in total. The molecule has 0 radical (unpaired) electrons. The van der Waals surface area contributed by atoms with Crippen LogP contribution in [0.4, 0.5) is 11.4 Å².